The first kappa shape index (κ1) is 13.6. The molecule has 2 unspecified atom stereocenters. The lowest BCUT2D eigenvalue weighted by molar-refractivity contribution is -0.142. The molecule has 20 heavy (non-hydrogen) atoms. The van der Waals surface area contributed by atoms with Gasteiger partial charge < -0.3 is 14.7 Å². The zero-order valence-corrected chi connectivity index (χ0v) is 11.6. The Morgan fingerprint density at radius 2 is 1.85 bits per heavy atom. The number of aliphatic hydroxyl groups is 1. The molecule has 0 radical (unpaired) electrons. The largest absolute Gasteiger partial charge is 0.393 e. The van der Waals surface area contributed by atoms with E-state index < -0.39 is 0 Å². The monoisotopic (exact) mass is 275 g/mol. The van der Waals surface area contributed by atoms with Gasteiger partial charge in [0.1, 0.15) is 6.61 Å². The Balaban J connectivity index is 1.50. The van der Waals surface area contributed by atoms with Crippen LogP contribution in [-0.4, -0.2) is 40.7 Å². The molecule has 2 atom stereocenters. The highest BCUT2D eigenvalue weighted by Crippen LogP contribution is 2.35. The molecule has 0 spiro atoms. The van der Waals surface area contributed by atoms with Gasteiger partial charge >= 0.3 is 0 Å². The van der Waals surface area contributed by atoms with E-state index in [9.17, 15) is 9.90 Å². The van der Waals surface area contributed by atoms with E-state index in [2.05, 4.69) is 0 Å². The highest BCUT2D eigenvalue weighted by Gasteiger charge is 2.42. The molecular formula is C16H21NO3. The number of ether oxygens (including phenoxy) is 1. The molecule has 2 heterocycles. The molecule has 2 fully saturated rings. The van der Waals surface area contributed by atoms with E-state index in [1.807, 2.05) is 35.2 Å². The molecule has 2 aliphatic rings. The van der Waals surface area contributed by atoms with E-state index >= 15 is 0 Å². The quantitative estimate of drug-likeness (QED) is 0.910. The van der Waals surface area contributed by atoms with E-state index in [0.717, 1.165) is 31.2 Å². The molecule has 4 heteroatoms. The number of amides is 1. The van der Waals surface area contributed by atoms with Crippen molar-refractivity contribution >= 4 is 5.91 Å². The minimum absolute atomic E-state index is 0.0698. The standard InChI is InChI=1S/C16H21NO3/c18-15-8-13-6-7-14(9-15)17(13)16(19)11-20-10-12-4-2-1-3-5-12/h1-5,13-15,18H,6-11H2. The molecule has 1 aromatic carbocycles. The number of rotatable bonds is 4. The van der Waals surface area contributed by atoms with E-state index in [4.69, 9.17) is 4.74 Å². The molecule has 0 aromatic heterocycles. The van der Waals surface area contributed by atoms with Crippen LogP contribution in [0.25, 0.3) is 0 Å². The van der Waals surface area contributed by atoms with Gasteiger partial charge in [0.2, 0.25) is 5.91 Å². The van der Waals surface area contributed by atoms with Crippen LogP contribution >= 0.6 is 0 Å². The molecule has 1 N–H and O–H groups in total. The Morgan fingerprint density at radius 3 is 2.50 bits per heavy atom. The van der Waals surface area contributed by atoms with Crippen molar-refractivity contribution in [2.75, 3.05) is 6.61 Å². The van der Waals surface area contributed by atoms with Crippen molar-refractivity contribution in [3.05, 3.63) is 35.9 Å². The molecule has 1 aromatic rings. The summed E-state index contributed by atoms with van der Waals surface area (Å²) in [5.41, 5.74) is 1.08. The van der Waals surface area contributed by atoms with Crippen LogP contribution in [-0.2, 0) is 16.1 Å². The van der Waals surface area contributed by atoms with E-state index in [0.29, 0.717) is 6.61 Å². The first-order chi connectivity index (χ1) is 9.74. The third kappa shape index (κ3) is 2.86. The number of benzene rings is 1. The Morgan fingerprint density at radius 1 is 1.20 bits per heavy atom. The summed E-state index contributed by atoms with van der Waals surface area (Å²) in [6, 6.07) is 10.3. The predicted molar refractivity (Wildman–Crippen MR) is 75.0 cm³/mol. The number of carbonyl (C=O) groups excluding carboxylic acids is 1. The Kier molecular flexibility index (Phi) is 4.03. The van der Waals surface area contributed by atoms with Gasteiger partial charge in [-0.1, -0.05) is 30.3 Å². The second-order valence-electron chi connectivity index (χ2n) is 5.79. The second kappa shape index (κ2) is 5.94. The van der Waals surface area contributed by atoms with Crippen molar-refractivity contribution in [2.24, 2.45) is 0 Å². The van der Waals surface area contributed by atoms with Gasteiger partial charge in [0, 0.05) is 12.1 Å². The van der Waals surface area contributed by atoms with Crippen molar-refractivity contribution in [3.63, 3.8) is 0 Å². The van der Waals surface area contributed by atoms with Gasteiger partial charge in [0.25, 0.3) is 0 Å². The van der Waals surface area contributed by atoms with Gasteiger partial charge in [-0.3, -0.25) is 4.79 Å². The first-order valence-corrected chi connectivity index (χ1v) is 7.35. The zero-order chi connectivity index (χ0) is 13.9. The topological polar surface area (TPSA) is 49.8 Å². The molecule has 2 bridgehead atoms. The average molecular weight is 275 g/mol. The minimum atomic E-state index is -0.234. The Bertz CT molecular complexity index is 448. The number of fused-ring (bicyclic) bond motifs is 2. The van der Waals surface area contributed by atoms with Crippen LogP contribution in [0, 0.1) is 0 Å². The lowest BCUT2D eigenvalue weighted by Crippen LogP contribution is -2.49. The van der Waals surface area contributed by atoms with E-state index in [1.54, 1.807) is 0 Å². The molecule has 0 saturated carbocycles. The molecule has 4 nitrogen and oxygen atoms in total. The zero-order valence-electron chi connectivity index (χ0n) is 11.6. The summed E-state index contributed by atoms with van der Waals surface area (Å²) in [5.74, 6) is 0.0698. The fraction of sp³-hybridized carbons (Fsp3) is 0.562. The van der Waals surface area contributed by atoms with Crippen molar-refractivity contribution in [1.29, 1.82) is 0 Å². The third-order valence-electron chi connectivity index (χ3n) is 4.33. The molecule has 0 aliphatic carbocycles. The summed E-state index contributed by atoms with van der Waals surface area (Å²) >= 11 is 0. The number of aliphatic hydroxyl groups excluding tert-OH is 1. The minimum Gasteiger partial charge on any atom is -0.393 e. The molecule has 2 aliphatic heterocycles. The maximum Gasteiger partial charge on any atom is 0.249 e. The molecular weight excluding hydrogens is 254 g/mol. The first-order valence-electron chi connectivity index (χ1n) is 7.35. The maximum absolute atomic E-state index is 12.3. The van der Waals surface area contributed by atoms with Gasteiger partial charge in [-0.05, 0) is 31.2 Å². The van der Waals surface area contributed by atoms with Gasteiger partial charge in [-0.2, -0.15) is 0 Å². The molecule has 3 rings (SSSR count). The highest BCUT2D eigenvalue weighted by molar-refractivity contribution is 5.78. The summed E-state index contributed by atoms with van der Waals surface area (Å²) < 4.78 is 5.53. The van der Waals surface area contributed by atoms with Crippen molar-refractivity contribution in [2.45, 2.75) is 50.5 Å². The lowest BCUT2D eigenvalue weighted by Gasteiger charge is -2.37. The van der Waals surface area contributed by atoms with Crippen LogP contribution in [0.5, 0.6) is 0 Å². The van der Waals surface area contributed by atoms with Crippen LogP contribution in [0.4, 0.5) is 0 Å². The molecule has 108 valence electrons. The maximum atomic E-state index is 12.3. The van der Waals surface area contributed by atoms with Crippen LogP contribution in [0.1, 0.15) is 31.2 Å². The fourth-order valence-electron chi connectivity index (χ4n) is 3.46. The van der Waals surface area contributed by atoms with Gasteiger partial charge in [0.15, 0.2) is 0 Å². The summed E-state index contributed by atoms with van der Waals surface area (Å²) in [6.45, 7) is 0.608. The average Bonchev–Trinajstić information content (AvgIpc) is 2.72. The van der Waals surface area contributed by atoms with E-state index in [-0.39, 0.29) is 30.7 Å². The summed E-state index contributed by atoms with van der Waals surface area (Å²) in [4.78, 5) is 14.2. The van der Waals surface area contributed by atoms with Crippen LogP contribution in [0.3, 0.4) is 0 Å². The fourth-order valence-corrected chi connectivity index (χ4v) is 3.46. The summed E-state index contributed by atoms with van der Waals surface area (Å²) in [7, 11) is 0. The number of nitrogens with zero attached hydrogens (tertiary/aromatic N) is 1. The van der Waals surface area contributed by atoms with Crippen LogP contribution in [0.15, 0.2) is 30.3 Å². The third-order valence-corrected chi connectivity index (χ3v) is 4.33. The number of carbonyl (C=O) groups is 1. The van der Waals surface area contributed by atoms with Crippen molar-refractivity contribution < 1.29 is 14.6 Å². The normalized spacial score (nSPS) is 28.6. The van der Waals surface area contributed by atoms with Crippen LogP contribution < -0.4 is 0 Å². The summed E-state index contributed by atoms with van der Waals surface area (Å²) in [5, 5.41) is 9.75. The predicted octanol–water partition coefficient (Wildman–Crippen LogP) is 1.72. The Labute approximate surface area is 119 Å². The van der Waals surface area contributed by atoms with Crippen LogP contribution in [0.2, 0.25) is 0 Å². The van der Waals surface area contributed by atoms with E-state index in [1.165, 1.54) is 0 Å². The molecule has 2 saturated heterocycles. The molecule has 1 amide bonds. The number of piperidine rings is 1. The van der Waals surface area contributed by atoms with Crippen molar-refractivity contribution in [3.8, 4) is 0 Å². The van der Waals surface area contributed by atoms with Gasteiger partial charge in [-0.25, -0.2) is 0 Å². The second-order valence-corrected chi connectivity index (χ2v) is 5.79. The lowest BCUT2D eigenvalue weighted by atomic mass is 10.00. The smallest absolute Gasteiger partial charge is 0.249 e. The van der Waals surface area contributed by atoms with Gasteiger partial charge in [0.05, 0.1) is 12.7 Å². The number of hydrogen-bond acceptors (Lipinski definition) is 3. The summed E-state index contributed by atoms with van der Waals surface area (Å²) in [6.07, 6.45) is 3.25. The highest BCUT2D eigenvalue weighted by atomic mass is 16.5. The van der Waals surface area contributed by atoms with Crippen molar-refractivity contribution in [1.82, 2.24) is 4.90 Å². The van der Waals surface area contributed by atoms with Gasteiger partial charge in [-0.15, -0.1) is 0 Å². The number of hydrogen-bond donors (Lipinski definition) is 1. The SMILES string of the molecule is O=C(COCc1ccccc1)N1C2CCC1CC(O)C2. The Hall–Kier alpha value is -1.39.